The highest BCUT2D eigenvalue weighted by Gasteiger charge is 2.10. The molecule has 11 heavy (non-hydrogen) atoms. The van der Waals surface area contributed by atoms with Crippen LogP contribution < -0.4 is 5.19 Å². The minimum absolute atomic E-state index is 1.00. The van der Waals surface area contributed by atoms with Crippen LogP contribution in [0.1, 0.15) is 12.5 Å². The van der Waals surface area contributed by atoms with Crippen molar-refractivity contribution in [2.24, 2.45) is 0 Å². The summed E-state index contributed by atoms with van der Waals surface area (Å²) in [6.45, 7) is 2.11. The Morgan fingerprint density at radius 3 is 2.36 bits per heavy atom. The fraction of sp³-hybridized carbons (Fsp3) is 0.250. The van der Waals surface area contributed by atoms with Gasteiger partial charge in [0.2, 0.25) is 0 Å². The summed E-state index contributed by atoms with van der Waals surface area (Å²) in [6.07, 6.45) is 1.00. The molecule has 0 heterocycles. The van der Waals surface area contributed by atoms with E-state index in [2.05, 4.69) is 13.0 Å². The van der Waals surface area contributed by atoms with Crippen LogP contribution in [0.4, 0.5) is 0 Å². The van der Waals surface area contributed by atoms with E-state index in [1.807, 2.05) is 18.2 Å². The summed E-state index contributed by atoms with van der Waals surface area (Å²) in [5, 5.41) is 1.13. The fourth-order valence-corrected chi connectivity index (χ4v) is 2.84. The van der Waals surface area contributed by atoms with Gasteiger partial charge in [0, 0.05) is 0 Å². The Kier molecular flexibility index (Phi) is 3.43. The topological polar surface area (TPSA) is 0 Å². The predicted molar refractivity (Wildman–Crippen MR) is 52.9 cm³/mol. The van der Waals surface area contributed by atoms with E-state index in [0.29, 0.717) is 0 Å². The van der Waals surface area contributed by atoms with Gasteiger partial charge in [0.25, 0.3) is 0 Å². The van der Waals surface area contributed by atoms with Crippen molar-refractivity contribution >= 4 is 34.8 Å². The Balaban J connectivity index is 3.02. The van der Waals surface area contributed by atoms with Crippen LogP contribution in [0.2, 0.25) is 0 Å². The van der Waals surface area contributed by atoms with Crippen LogP contribution in [-0.2, 0) is 6.42 Å². The molecule has 0 aliphatic carbocycles. The van der Waals surface area contributed by atoms with Gasteiger partial charge in [-0.2, -0.15) is 0 Å². The van der Waals surface area contributed by atoms with Crippen LogP contribution in [0.5, 0.6) is 0 Å². The quantitative estimate of drug-likeness (QED) is 0.512. The summed E-state index contributed by atoms with van der Waals surface area (Å²) in [5.74, 6) is 0. The van der Waals surface area contributed by atoms with Crippen LogP contribution in [0.15, 0.2) is 24.3 Å². The third kappa shape index (κ3) is 2.22. The Bertz CT molecular complexity index is 235. The van der Waals surface area contributed by atoms with Crippen LogP contribution in [0, 0.1) is 0 Å². The number of rotatable bonds is 2. The summed E-state index contributed by atoms with van der Waals surface area (Å²) in [7, 11) is -1.31. The van der Waals surface area contributed by atoms with Gasteiger partial charge in [0.15, 0.2) is 0 Å². The highest BCUT2D eigenvalue weighted by molar-refractivity contribution is 7.39. The number of halogens is 2. The predicted octanol–water partition coefficient (Wildman–Crippen LogP) is 2.42. The van der Waals surface area contributed by atoms with E-state index in [1.165, 1.54) is 5.56 Å². The van der Waals surface area contributed by atoms with Crippen molar-refractivity contribution in [1.82, 2.24) is 0 Å². The Morgan fingerprint density at radius 2 is 1.91 bits per heavy atom. The van der Waals surface area contributed by atoms with Crippen molar-refractivity contribution in [2.45, 2.75) is 13.3 Å². The van der Waals surface area contributed by atoms with Gasteiger partial charge in [-0.15, -0.1) is 22.2 Å². The van der Waals surface area contributed by atoms with Crippen molar-refractivity contribution < 1.29 is 0 Å². The lowest BCUT2D eigenvalue weighted by molar-refractivity contribution is 1.15. The molecule has 59 valence electrons. The minimum atomic E-state index is -1.31. The molecule has 0 N–H and O–H groups in total. The van der Waals surface area contributed by atoms with Crippen LogP contribution in [-0.4, -0.2) is 7.42 Å². The first-order valence-corrected chi connectivity index (χ1v) is 7.04. The maximum Gasteiger partial charge on any atom is 0.307 e. The molecular formula is C8H9Cl2Si. The molecule has 0 spiro atoms. The smallest absolute Gasteiger partial charge is 0.140 e. The molecule has 0 unspecified atom stereocenters. The van der Waals surface area contributed by atoms with E-state index >= 15 is 0 Å². The summed E-state index contributed by atoms with van der Waals surface area (Å²) in [5.41, 5.74) is 1.27. The second kappa shape index (κ2) is 4.15. The van der Waals surface area contributed by atoms with Crippen molar-refractivity contribution in [1.29, 1.82) is 0 Å². The molecule has 0 aliphatic heterocycles. The Morgan fingerprint density at radius 1 is 1.27 bits per heavy atom. The number of hydrogen-bond donors (Lipinski definition) is 0. The third-order valence-corrected chi connectivity index (χ3v) is 3.72. The molecule has 0 aliphatic rings. The third-order valence-electron chi connectivity index (χ3n) is 1.60. The van der Waals surface area contributed by atoms with E-state index in [0.717, 1.165) is 11.6 Å². The lowest BCUT2D eigenvalue weighted by Gasteiger charge is -2.04. The zero-order valence-corrected chi connectivity index (χ0v) is 8.78. The Labute approximate surface area is 78.2 Å². The summed E-state index contributed by atoms with van der Waals surface area (Å²) >= 11 is 11.7. The summed E-state index contributed by atoms with van der Waals surface area (Å²) in [4.78, 5) is 0. The van der Waals surface area contributed by atoms with Gasteiger partial charge in [-0.1, -0.05) is 31.2 Å². The van der Waals surface area contributed by atoms with E-state index in [4.69, 9.17) is 22.2 Å². The number of benzene rings is 1. The first-order chi connectivity index (χ1) is 5.25. The highest BCUT2D eigenvalue weighted by Crippen LogP contribution is 2.04. The zero-order chi connectivity index (χ0) is 8.27. The first-order valence-electron chi connectivity index (χ1n) is 3.52. The minimum Gasteiger partial charge on any atom is -0.140 e. The van der Waals surface area contributed by atoms with Crippen molar-refractivity contribution in [3.05, 3.63) is 29.8 Å². The lowest BCUT2D eigenvalue weighted by Crippen LogP contribution is -2.22. The second-order valence-electron chi connectivity index (χ2n) is 2.27. The van der Waals surface area contributed by atoms with E-state index in [9.17, 15) is 0 Å². The fourth-order valence-electron chi connectivity index (χ4n) is 1.01. The van der Waals surface area contributed by atoms with Gasteiger partial charge in [0.05, 0.1) is 0 Å². The molecule has 0 saturated heterocycles. The van der Waals surface area contributed by atoms with Crippen molar-refractivity contribution in [3.63, 3.8) is 0 Å². The number of hydrogen-bond acceptors (Lipinski definition) is 0. The molecule has 3 heteroatoms. The molecule has 0 saturated carbocycles. The standard InChI is InChI=1S/C8H9Cl2Si/c1-2-7-5-3-4-6-8(7)11(9)10/h3-6H,2H2,1H3. The number of aryl methyl sites for hydroxylation is 1. The van der Waals surface area contributed by atoms with E-state index in [-0.39, 0.29) is 0 Å². The SMILES string of the molecule is CCc1ccccc1[Si](Cl)Cl. The van der Waals surface area contributed by atoms with Crippen LogP contribution >= 0.6 is 22.2 Å². The van der Waals surface area contributed by atoms with Gasteiger partial charge in [-0.05, 0) is 17.2 Å². The average molecular weight is 204 g/mol. The Hall–Kier alpha value is 0.0169. The van der Waals surface area contributed by atoms with Crippen molar-refractivity contribution in [2.75, 3.05) is 0 Å². The molecule has 0 nitrogen and oxygen atoms in total. The van der Waals surface area contributed by atoms with Gasteiger partial charge in [-0.25, -0.2) is 0 Å². The normalized spacial score (nSPS) is 10.5. The molecule has 1 aromatic carbocycles. The van der Waals surface area contributed by atoms with Crippen LogP contribution in [0.25, 0.3) is 0 Å². The molecular weight excluding hydrogens is 195 g/mol. The average Bonchev–Trinajstić information content (AvgIpc) is 2.04. The van der Waals surface area contributed by atoms with Crippen molar-refractivity contribution in [3.8, 4) is 0 Å². The second-order valence-corrected chi connectivity index (χ2v) is 6.18. The first kappa shape index (κ1) is 9.11. The van der Waals surface area contributed by atoms with Gasteiger partial charge < -0.3 is 0 Å². The van der Waals surface area contributed by atoms with E-state index < -0.39 is 7.42 Å². The molecule has 0 fully saturated rings. The summed E-state index contributed by atoms with van der Waals surface area (Å²) < 4.78 is 0. The molecule has 1 rings (SSSR count). The largest absolute Gasteiger partial charge is 0.307 e. The molecule has 0 amide bonds. The van der Waals surface area contributed by atoms with Gasteiger partial charge in [0.1, 0.15) is 0 Å². The molecule has 0 aromatic heterocycles. The molecule has 0 bridgehead atoms. The maximum absolute atomic E-state index is 5.85. The monoisotopic (exact) mass is 203 g/mol. The highest BCUT2D eigenvalue weighted by atomic mass is 35.7. The lowest BCUT2D eigenvalue weighted by atomic mass is 10.2. The zero-order valence-electron chi connectivity index (χ0n) is 6.27. The van der Waals surface area contributed by atoms with Gasteiger partial charge in [-0.3, -0.25) is 0 Å². The van der Waals surface area contributed by atoms with E-state index in [1.54, 1.807) is 0 Å². The molecule has 0 atom stereocenters. The van der Waals surface area contributed by atoms with Crippen LogP contribution in [0.3, 0.4) is 0 Å². The summed E-state index contributed by atoms with van der Waals surface area (Å²) in [6, 6.07) is 8.07. The van der Waals surface area contributed by atoms with Gasteiger partial charge >= 0.3 is 7.42 Å². The molecule has 1 radical (unpaired) electrons. The maximum atomic E-state index is 5.85. The molecule has 1 aromatic rings.